The summed E-state index contributed by atoms with van der Waals surface area (Å²) in [6.07, 6.45) is 2.95. The fraction of sp³-hybridized carbons (Fsp3) is 0.235. The summed E-state index contributed by atoms with van der Waals surface area (Å²) in [4.78, 5) is 12.1. The molecule has 2 heterocycles. The molecule has 0 spiro atoms. The Morgan fingerprint density at radius 1 is 1.29 bits per heavy atom. The van der Waals surface area contributed by atoms with Crippen LogP contribution in [0.15, 0.2) is 47.1 Å². The second-order valence-electron chi connectivity index (χ2n) is 5.29. The lowest BCUT2D eigenvalue weighted by atomic mass is 10.1. The van der Waals surface area contributed by atoms with Crippen LogP contribution >= 0.6 is 15.9 Å². The highest BCUT2D eigenvalue weighted by Gasteiger charge is 2.08. The highest BCUT2D eigenvalue weighted by molar-refractivity contribution is 9.10. The van der Waals surface area contributed by atoms with Gasteiger partial charge in [0.15, 0.2) is 11.5 Å². The van der Waals surface area contributed by atoms with E-state index >= 15 is 0 Å². The monoisotopic (exact) mass is 388 g/mol. The molecular formula is C17H17BrN4O2. The Morgan fingerprint density at radius 2 is 2.17 bits per heavy atom. The van der Waals surface area contributed by atoms with Crippen molar-refractivity contribution >= 4 is 27.5 Å². The molecule has 0 unspecified atom stereocenters. The van der Waals surface area contributed by atoms with Crippen LogP contribution in [0.4, 0.5) is 0 Å². The van der Waals surface area contributed by atoms with Crippen molar-refractivity contribution in [3.05, 3.63) is 58.5 Å². The first-order valence-electron chi connectivity index (χ1n) is 7.55. The van der Waals surface area contributed by atoms with E-state index in [0.717, 1.165) is 21.4 Å². The number of pyridine rings is 1. The number of carbonyl (C=O) groups excluding carboxylic acids is 1. The molecule has 7 heteroatoms. The van der Waals surface area contributed by atoms with Gasteiger partial charge in [0, 0.05) is 12.6 Å². The third kappa shape index (κ3) is 3.73. The molecule has 2 aromatic heterocycles. The second-order valence-corrected chi connectivity index (χ2v) is 6.15. The van der Waals surface area contributed by atoms with E-state index in [1.165, 1.54) is 0 Å². The standard InChI is InChI=1S/C17H17BrN4O2/c1-24-14-7-5-12(10-13(14)18)6-8-17(23)19-11-16-21-20-15-4-2-3-9-22(15)16/h2-5,7,9-10H,6,8,11H2,1H3,(H,19,23). The van der Waals surface area contributed by atoms with E-state index in [1.807, 2.05) is 47.0 Å². The van der Waals surface area contributed by atoms with Gasteiger partial charge in [0.05, 0.1) is 18.1 Å². The fourth-order valence-corrected chi connectivity index (χ4v) is 2.99. The fourth-order valence-electron chi connectivity index (χ4n) is 2.40. The number of amides is 1. The average Bonchev–Trinajstić information content (AvgIpc) is 3.01. The minimum absolute atomic E-state index is 0.0189. The van der Waals surface area contributed by atoms with Crippen LogP contribution < -0.4 is 10.1 Å². The summed E-state index contributed by atoms with van der Waals surface area (Å²) in [5.74, 6) is 1.47. The number of halogens is 1. The number of carbonyl (C=O) groups is 1. The molecule has 24 heavy (non-hydrogen) atoms. The number of methoxy groups -OCH3 is 1. The summed E-state index contributed by atoms with van der Waals surface area (Å²) in [5.41, 5.74) is 1.84. The molecule has 6 nitrogen and oxygen atoms in total. The zero-order chi connectivity index (χ0) is 16.9. The van der Waals surface area contributed by atoms with Gasteiger partial charge in [-0.3, -0.25) is 9.20 Å². The van der Waals surface area contributed by atoms with E-state index in [4.69, 9.17) is 4.74 Å². The Bertz CT molecular complexity index is 863. The van der Waals surface area contributed by atoms with Crippen LogP contribution in [0.3, 0.4) is 0 Å². The number of fused-ring (bicyclic) bond motifs is 1. The Morgan fingerprint density at radius 3 is 2.96 bits per heavy atom. The second kappa shape index (κ2) is 7.44. The van der Waals surface area contributed by atoms with Crippen LogP contribution in [0, 0.1) is 0 Å². The van der Waals surface area contributed by atoms with Crippen molar-refractivity contribution in [1.29, 1.82) is 0 Å². The molecule has 1 aromatic carbocycles. The zero-order valence-electron chi connectivity index (χ0n) is 13.2. The molecule has 0 saturated carbocycles. The Kier molecular flexibility index (Phi) is 5.10. The maximum Gasteiger partial charge on any atom is 0.220 e. The first kappa shape index (κ1) is 16.4. The molecule has 1 N–H and O–H groups in total. The lowest BCUT2D eigenvalue weighted by Crippen LogP contribution is -2.24. The van der Waals surface area contributed by atoms with Crippen LogP contribution in [-0.2, 0) is 17.8 Å². The minimum atomic E-state index is -0.0189. The Balaban J connectivity index is 1.53. The van der Waals surface area contributed by atoms with Gasteiger partial charge in [0.2, 0.25) is 5.91 Å². The molecule has 124 valence electrons. The highest BCUT2D eigenvalue weighted by Crippen LogP contribution is 2.25. The van der Waals surface area contributed by atoms with Crippen molar-refractivity contribution in [2.24, 2.45) is 0 Å². The summed E-state index contributed by atoms with van der Waals surface area (Å²) in [5, 5.41) is 11.0. The predicted octanol–water partition coefficient (Wildman–Crippen LogP) is 2.75. The molecule has 1 amide bonds. The number of hydrogen-bond donors (Lipinski definition) is 1. The molecule has 0 radical (unpaired) electrons. The van der Waals surface area contributed by atoms with E-state index in [-0.39, 0.29) is 5.91 Å². The van der Waals surface area contributed by atoms with Gasteiger partial charge < -0.3 is 10.1 Å². The van der Waals surface area contributed by atoms with Gasteiger partial charge >= 0.3 is 0 Å². The van der Waals surface area contributed by atoms with Gasteiger partial charge in [-0.05, 0) is 52.2 Å². The number of benzene rings is 1. The van der Waals surface area contributed by atoms with Crippen LogP contribution in [0.1, 0.15) is 17.8 Å². The number of hydrogen-bond acceptors (Lipinski definition) is 4. The molecule has 0 aliphatic rings. The summed E-state index contributed by atoms with van der Waals surface area (Å²) in [6, 6.07) is 11.5. The highest BCUT2D eigenvalue weighted by atomic mass is 79.9. The van der Waals surface area contributed by atoms with E-state index in [0.29, 0.717) is 25.2 Å². The third-order valence-electron chi connectivity index (χ3n) is 3.68. The van der Waals surface area contributed by atoms with Crippen molar-refractivity contribution in [2.45, 2.75) is 19.4 Å². The number of nitrogens with zero attached hydrogens (tertiary/aromatic N) is 3. The van der Waals surface area contributed by atoms with Crippen molar-refractivity contribution < 1.29 is 9.53 Å². The van der Waals surface area contributed by atoms with Crippen molar-refractivity contribution in [3.8, 4) is 5.75 Å². The van der Waals surface area contributed by atoms with Gasteiger partial charge in [-0.1, -0.05) is 12.1 Å². The summed E-state index contributed by atoms with van der Waals surface area (Å²) >= 11 is 3.45. The first-order chi connectivity index (χ1) is 11.7. The van der Waals surface area contributed by atoms with E-state index < -0.39 is 0 Å². The Labute approximate surface area is 148 Å². The largest absolute Gasteiger partial charge is 0.496 e. The van der Waals surface area contributed by atoms with Crippen molar-refractivity contribution in [2.75, 3.05) is 7.11 Å². The maximum absolute atomic E-state index is 12.1. The number of nitrogens with one attached hydrogen (secondary N) is 1. The lowest BCUT2D eigenvalue weighted by Gasteiger charge is -2.07. The summed E-state index contributed by atoms with van der Waals surface area (Å²) in [6.45, 7) is 0.357. The zero-order valence-corrected chi connectivity index (χ0v) is 14.8. The van der Waals surface area contributed by atoms with Gasteiger partial charge in [-0.2, -0.15) is 0 Å². The van der Waals surface area contributed by atoms with Crippen molar-refractivity contribution in [1.82, 2.24) is 19.9 Å². The van der Waals surface area contributed by atoms with Crippen LogP contribution in [0.25, 0.3) is 5.65 Å². The predicted molar refractivity (Wildman–Crippen MR) is 93.8 cm³/mol. The quantitative estimate of drug-likeness (QED) is 0.704. The number of aromatic nitrogens is 3. The van der Waals surface area contributed by atoms with Gasteiger partial charge in [0.25, 0.3) is 0 Å². The molecule has 0 aliphatic heterocycles. The van der Waals surface area contributed by atoms with E-state index in [2.05, 4.69) is 31.4 Å². The Hall–Kier alpha value is -2.41. The van der Waals surface area contributed by atoms with Crippen LogP contribution in [-0.4, -0.2) is 27.6 Å². The van der Waals surface area contributed by atoms with Crippen molar-refractivity contribution in [3.63, 3.8) is 0 Å². The first-order valence-corrected chi connectivity index (χ1v) is 8.34. The molecule has 0 saturated heterocycles. The van der Waals surface area contributed by atoms with Gasteiger partial charge in [-0.25, -0.2) is 0 Å². The van der Waals surface area contributed by atoms with E-state index in [1.54, 1.807) is 7.11 Å². The number of rotatable bonds is 6. The summed E-state index contributed by atoms with van der Waals surface area (Å²) in [7, 11) is 1.63. The van der Waals surface area contributed by atoms with Gasteiger partial charge in [0.1, 0.15) is 5.75 Å². The molecule has 0 aliphatic carbocycles. The molecule has 0 fully saturated rings. The van der Waals surface area contributed by atoms with Gasteiger partial charge in [-0.15, -0.1) is 10.2 Å². The molecular weight excluding hydrogens is 372 g/mol. The topological polar surface area (TPSA) is 68.5 Å². The number of aryl methyl sites for hydroxylation is 1. The number of ether oxygens (including phenoxy) is 1. The third-order valence-corrected chi connectivity index (χ3v) is 4.30. The van der Waals surface area contributed by atoms with Crippen LogP contribution in [0.5, 0.6) is 5.75 Å². The van der Waals surface area contributed by atoms with Crippen LogP contribution in [0.2, 0.25) is 0 Å². The molecule has 0 bridgehead atoms. The SMILES string of the molecule is COc1ccc(CCC(=O)NCc2nnc3ccccn23)cc1Br. The molecule has 3 aromatic rings. The molecule has 0 atom stereocenters. The average molecular weight is 389 g/mol. The van der Waals surface area contributed by atoms with E-state index in [9.17, 15) is 4.79 Å². The maximum atomic E-state index is 12.1. The summed E-state index contributed by atoms with van der Waals surface area (Å²) < 4.78 is 7.95. The molecule has 3 rings (SSSR count). The lowest BCUT2D eigenvalue weighted by molar-refractivity contribution is -0.121. The normalized spacial score (nSPS) is 10.8. The smallest absolute Gasteiger partial charge is 0.220 e. The minimum Gasteiger partial charge on any atom is -0.496 e.